The van der Waals surface area contributed by atoms with Crippen molar-refractivity contribution >= 4 is 84.4 Å². The number of aliphatic hydroxyl groups is 1. The van der Waals surface area contributed by atoms with Crippen LogP contribution < -0.4 is 54.4 Å². The Morgan fingerprint density at radius 1 is 0.672 bits per heavy atom. The van der Waals surface area contributed by atoms with Gasteiger partial charge in [0, 0.05) is 31.1 Å². The standard InChI is InChI=1S/C39H69N13O10S2/c1-19(2)15-23(46-31(55)21(5)40)33(57)49-26(18-64)37(61)51-13-7-10-27(51)35(59)45-22(9-6-12-44-39(42)43)32(56)50-29(20(3)4)38(62)52-14-8-11-28(52)36(60)48-25(17-63)34(58)47-24(16-53)30(41)54/h19-29,53,63-64H,6-18,40H2,1-5H3,(H2,41,54)(H,45,59)(H,46,55)(H,47,58)(H,48,60)(H,49,57)(H,50,56)(H4,42,43,44)/t21-,22-,23-,24-,25-,26-,27-,28-,29-/m0/s1. The average Bonchev–Trinajstić information content (AvgIpc) is 3.94. The zero-order valence-electron chi connectivity index (χ0n) is 37.2. The molecule has 0 saturated carbocycles. The third-order valence-corrected chi connectivity index (χ3v) is 11.5. The lowest BCUT2D eigenvalue weighted by Gasteiger charge is -2.33. The molecule has 23 nitrogen and oxygen atoms in total. The highest BCUT2D eigenvalue weighted by Crippen LogP contribution is 2.22. The Morgan fingerprint density at radius 2 is 1.16 bits per heavy atom. The van der Waals surface area contributed by atoms with Crippen molar-refractivity contribution in [1.82, 2.24) is 47.0 Å². The summed E-state index contributed by atoms with van der Waals surface area (Å²) in [7, 11) is 0. The summed E-state index contributed by atoms with van der Waals surface area (Å²) in [6, 6.07) is -10.2. The second kappa shape index (κ2) is 26.8. The topological polar surface area (TPSA) is 366 Å². The van der Waals surface area contributed by atoms with E-state index in [1.54, 1.807) is 13.8 Å². The summed E-state index contributed by atoms with van der Waals surface area (Å²) in [5.41, 5.74) is 16.3. The third-order valence-electron chi connectivity index (χ3n) is 10.7. The van der Waals surface area contributed by atoms with Crippen LogP contribution in [0.25, 0.3) is 0 Å². The van der Waals surface area contributed by atoms with Crippen molar-refractivity contribution in [3.63, 3.8) is 0 Å². The second-order valence-electron chi connectivity index (χ2n) is 16.8. The predicted octanol–water partition coefficient (Wildman–Crippen LogP) is -4.47. The number of nitrogens with one attached hydrogen (secondary N) is 8. The van der Waals surface area contributed by atoms with E-state index in [2.05, 4.69) is 62.5 Å². The number of guanidine groups is 1. The lowest BCUT2D eigenvalue weighted by molar-refractivity contribution is -0.144. The van der Waals surface area contributed by atoms with E-state index in [0.717, 1.165) is 0 Å². The zero-order chi connectivity index (χ0) is 48.4. The molecule has 2 aliphatic rings. The molecule has 9 amide bonds. The highest BCUT2D eigenvalue weighted by molar-refractivity contribution is 7.80. The van der Waals surface area contributed by atoms with E-state index in [4.69, 9.17) is 22.6 Å². The molecule has 0 aromatic rings. The van der Waals surface area contributed by atoms with E-state index in [0.29, 0.717) is 12.8 Å². The van der Waals surface area contributed by atoms with Crippen LogP contribution in [-0.2, 0) is 43.2 Å². The molecule has 0 aromatic heterocycles. The Morgan fingerprint density at radius 3 is 1.62 bits per heavy atom. The first kappa shape index (κ1) is 55.3. The third kappa shape index (κ3) is 16.6. The summed E-state index contributed by atoms with van der Waals surface area (Å²) in [5, 5.41) is 35.1. The average molecular weight is 944 g/mol. The highest BCUT2D eigenvalue weighted by atomic mass is 32.1. The summed E-state index contributed by atoms with van der Waals surface area (Å²) in [6.07, 6.45) is 1.85. The Labute approximate surface area is 384 Å². The molecule has 0 aliphatic carbocycles. The molecule has 0 aromatic carbocycles. The van der Waals surface area contributed by atoms with Crippen LogP contribution in [0.2, 0.25) is 0 Å². The van der Waals surface area contributed by atoms with Crippen molar-refractivity contribution in [2.24, 2.45) is 29.0 Å². The van der Waals surface area contributed by atoms with Crippen molar-refractivity contribution < 1.29 is 48.3 Å². The van der Waals surface area contributed by atoms with Crippen molar-refractivity contribution in [1.29, 1.82) is 5.41 Å². The summed E-state index contributed by atoms with van der Waals surface area (Å²) in [5.74, 6) is -7.39. The normalized spacial score (nSPS) is 19.3. The van der Waals surface area contributed by atoms with Crippen LogP contribution in [0.4, 0.5) is 0 Å². The van der Waals surface area contributed by atoms with Gasteiger partial charge in [0.15, 0.2) is 5.96 Å². The van der Waals surface area contributed by atoms with Gasteiger partial charge in [-0.15, -0.1) is 0 Å². The number of hydrogen-bond acceptors (Lipinski definition) is 14. The number of aliphatic hydroxyl groups excluding tert-OH is 1. The molecule has 64 heavy (non-hydrogen) atoms. The first-order chi connectivity index (χ1) is 30.1. The van der Waals surface area contributed by atoms with Crippen LogP contribution in [0.1, 0.15) is 79.6 Å². The molecule has 2 fully saturated rings. The lowest BCUT2D eigenvalue weighted by Crippen LogP contribution is -2.61. The second-order valence-corrected chi connectivity index (χ2v) is 17.5. The van der Waals surface area contributed by atoms with Gasteiger partial charge in [-0.05, 0) is 63.7 Å². The van der Waals surface area contributed by atoms with Crippen LogP contribution >= 0.6 is 25.3 Å². The van der Waals surface area contributed by atoms with E-state index in [9.17, 15) is 48.3 Å². The van der Waals surface area contributed by atoms with Crippen molar-refractivity contribution in [2.75, 3.05) is 37.7 Å². The number of hydrogen-bond donors (Lipinski definition) is 14. The fraction of sp³-hybridized carbons (Fsp3) is 0.744. The maximum Gasteiger partial charge on any atom is 0.246 e. The van der Waals surface area contributed by atoms with Gasteiger partial charge in [0.1, 0.15) is 48.3 Å². The molecule has 362 valence electrons. The quantitative estimate of drug-likeness (QED) is 0.0178. The van der Waals surface area contributed by atoms with Gasteiger partial charge < -0.3 is 69.3 Å². The first-order valence-electron chi connectivity index (χ1n) is 21.5. The Kier molecular flexibility index (Phi) is 23.1. The largest absolute Gasteiger partial charge is 0.394 e. The van der Waals surface area contributed by atoms with Gasteiger partial charge in [-0.3, -0.25) is 48.6 Å². The number of carbonyl (C=O) groups is 9. The van der Waals surface area contributed by atoms with Gasteiger partial charge in [0.25, 0.3) is 0 Å². The number of carbonyl (C=O) groups excluding carboxylic acids is 9. The van der Waals surface area contributed by atoms with Crippen molar-refractivity contribution in [3.8, 4) is 0 Å². The maximum atomic E-state index is 14.2. The summed E-state index contributed by atoms with van der Waals surface area (Å²) in [4.78, 5) is 122. The minimum absolute atomic E-state index is 0.000891. The fourth-order valence-corrected chi connectivity index (χ4v) is 7.73. The number of nitrogens with zero attached hydrogens (tertiary/aromatic N) is 2. The van der Waals surface area contributed by atoms with Gasteiger partial charge >= 0.3 is 0 Å². The van der Waals surface area contributed by atoms with E-state index in [1.165, 1.54) is 16.7 Å². The number of nitrogens with two attached hydrogens (primary N) is 3. The van der Waals surface area contributed by atoms with Gasteiger partial charge in [0.2, 0.25) is 53.2 Å². The molecule has 2 saturated heterocycles. The Balaban J connectivity index is 2.28. The molecule has 0 bridgehead atoms. The monoisotopic (exact) mass is 943 g/mol. The predicted molar refractivity (Wildman–Crippen MR) is 242 cm³/mol. The molecular formula is C39H69N13O10S2. The number of thiol groups is 2. The van der Waals surface area contributed by atoms with E-state index >= 15 is 0 Å². The van der Waals surface area contributed by atoms with Gasteiger partial charge in [-0.25, -0.2) is 0 Å². The number of likely N-dealkylation sites (tertiary alicyclic amines) is 2. The van der Waals surface area contributed by atoms with Crippen LogP contribution in [0.5, 0.6) is 0 Å². The molecule has 0 spiro atoms. The zero-order valence-corrected chi connectivity index (χ0v) is 39.0. The smallest absolute Gasteiger partial charge is 0.246 e. The van der Waals surface area contributed by atoms with Gasteiger partial charge in [-0.2, -0.15) is 25.3 Å². The lowest BCUT2D eigenvalue weighted by atomic mass is 10.0. The molecule has 0 unspecified atom stereocenters. The molecule has 2 aliphatic heterocycles. The van der Waals surface area contributed by atoms with Crippen LogP contribution in [-0.4, -0.2) is 166 Å². The van der Waals surface area contributed by atoms with Crippen LogP contribution in [0.15, 0.2) is 0 Å². The molecular weight excluding hydrogens is 875 g/mol. The molecule has 0 radical (unpaired) electrons. The Bertz CT molecular complexity index is 1690. The maximum absolute atomic E-state index is 14.2. The summed E-state index contributed by atoms with van der Waals surface area (Å²) >= 11 is 8.43. The van der Waals surface area contributed by atoms with Crippen molar-refractivity contribution in [2.45, 2.75) is 134 Å². The molecule has 9 atom stereocenters. The van der Waals surface area contributed by atoms with Crippen molar-refractivity contribution in [3.05, 3.63) is 0 Å². The van der Waals surface area contributed by atoms with Crippen LogP contribution in [0.3, 0.4) is 0 Å². The Hall–Kier alpha value is -4.88. The van der Waals surface area contributed by atoms with E-state index in [-0.39, 0.29) is 75.1 Å². The SMILES string of the molecule is CC(C)C[C@H](NC(=O)[C@H](C)N)C(=O)N[C@@H](CS)C(=O)N1CCC[C@H]1C(=O)N[C@@H](CCCNC(=N)N)C(=O)N[C@H](C(=O)N1CCC[C@H]1C(=O)N[C@@H](CS)C(=O)N[C@@H](CO)C(N)=O)C(C)C. The number of rotatable bonds is 25. The van der Waals surface area contributed by atoms with E-state index < -0.39 is 120 Å². The minimum Gasteiger partial charge on any atom is -0.394 e. The molecule has 2 heterocycles. The molecule has 25 heteroatoms. The highest BCUT2D eigenvalue weighted by Gasteiger charge is 2.42. The number of primary amides is 1. The summed E-state index contributed by atoms with van der Waals surface area (Å²) in [6.45, 7) is 8.29. The first-order valence-corrected chi connectivity index (χ1v) is 22.7. The molecule has 15 N–H and O–H groups in total. The van der Waals surface area contributed by atoms with Crippen LogP contribution in [0, 0.1) is 17.2 Å². The molecule has 2 rings (SSSR count). The van der Waals surface area contributed by atoms with Gasteiger partial charge in [0.05, 0.1) is 12.6 Å². The van der Waals surface area contributed by atoms with E-state index in [1.807, 2.05) is 13.8 Å². The minimum atomic E-state index is -1.40. The van der Waals surface area contributed by atoms with Gasteiger partial charge in [-0.1, -0.05) is 27.7 Å². The fourth-order valence-electron chi connectivity index (χ4n) is 7.22. The summed E-state index contributed by atoms with van der Waals surface area (Å²) < 4.78 is 0. The number of amides is 9.